The van der Waals surface area contributed by atoms with Crippen molar-refractivity contribution < 1.29 is 0 Å². The average molecular weight is 326 g/mol. The van der Waals surface area contributed by atoms with Crippen LogP contribution in [0.25, 0.3) is 22.3 Å². The van der Waals surface area contributed by atoms with E-state index < -0.39 is 0 Å². The Hall–Kier alpha value is -2.33. The van der Waals surface area contributed by atoms with E-state index in [1.165, 1.54) is 12.8 Å². The molecule has 0 bridgehead atoms. The number of hydrogen-bond acceptors (Lipinski definition) is 3. The Balaban J connectivity index is 1.84. The van der Waals surface area contributed by atoms with E-state index in [1.807, 2.05) is 36.4 Å². The maximum atomic E-state index is 12.5. The standard InChI is InChI=1S/C18H16ClN3O/c19-15-6-2-1-5-13(15)17-20-16-8-7-12(22-9-3-4-10-22)11-14(16)18(23)21-17/h1-2,5-8,11H,3-4,9-10H2,(H,20,21,23). The van der Waals surface area contributed by atoms with Crippen LogP contribution in [0.3, 0.4) is 0 Å². The molecule has 1 fully saturated rings. The van der Waals surface area contributed by atoms with Crippen molar-refractivity contribution in [2.45, 2.75) is 12.8 Å². The molecule has 3 aromatic rings. The van der Waals surface area contributed by atoms with Crippen molar-refractivity contribution in [3.05, 3.63) is 57.8 Å². The zero-order valence-corrected chi connectivity index (χ0v) is 13.3. The van der Waals surface area contributed by atoms with Gasteiger partial charge in [-0.2, -0.15) is 0 Å². The Morgan fingerprint density at radius 1 is 1.09 bits per heavy atom. The summed E-state index contributed by atoms with van der Waals surface area (Å²) in [5, 5.41) is 1.19. The smallest absolute Gasteiger partial charge is 0.259 e. The van der Waals surface area contributed by atoms with Crippen LogP contribution in [-0.4, -0.2) is 23.1 Å². The minimum absolute atomic E-state index is 0.133. The lowest BCUT2D eigenvalue weighted by molar-refractivity contribution is 0.949. The monoisotopic (exact) mass is 325 g/mol. The zero-order valence-electron chi connectivity index (χ0n) is 12.6. The normalized spacial score (nSPS) is 14.6. The molecular formula is C18H16ClN3O. The molecule has 4 nitrogen and oxygen atoms in total. The van der Waals surface area contributed by atoms with Gasteiger partial charge < -0.3 is 9.88 Å². The number of benzene rings is 2. The molecule has 0 atom stereocenters. The largest absolute Gasteiger partial charge is 0.372 e. The van der Waals surface area contributed by atoms with E-state index in [9.17, 15) is 4.79 Å². The molecule has 1 N–H and O–H groups in total. The summed E-state index contributed by atoms with van der Waals surface area (Å²) in [4.78, 5) is 22.2. The van der Waals surface area contributed by atoms with Crippen molar-refractivity contribution in [3.63, 3.8) is 0 Å². The van der Waals surface area contributed by atoms with Crippen molar-refractivity contribution in [1.82, 2.24) is 9.97 Å². The van der Waals surface area contributed by atoms with Gasteiger partial charge in [0.1, 0.15) is 5.82 Å². The molecule has 0 unspecified atom stereocenters. The van der Waals surface area contributed by atoms with Crippen molar-refractivity contribution in [2.24, 2.45) is 0 Å². The molecule has 23 heavy (non-hydrogen) atoms. The molecule has 116 valence electrons. The molecule has 1 aromatic heterocycles. The molecule has 1 saturated heterocycles. The van der Waals surface area contributed by atoms with Crippen LogP contribution >= 0.6 is 11.6 Å². The fraction of sp³-hybridized carbons (Fsp3) is 0.222. The van der Waals surface area contributed by atoms with Gasteiger partial charge in [0.25, 0.3) is 5.56 Å². The van der Waals surface area contributed by atoms with Crippen LogP contribution in [0.1, 0.15) is 12.8 Å². The molecule has 2 heterocycles. The first-order valence-corrected chi connectivity index (χ1v) is 8.14. The molecular weight excluding hydrogens is 310 g/mol. The highest BCUT2D eigenvalue weighted by molar-refractivity contribution is 6.33. The number of fused-ring (bicyclic) bond motifs is 1. The second-order valence-electron chi connectivity index (χ2n) is 5.79. The number of hydrogen-bond donors (Lipinski definition) is 1. The molecule has 0 saturated carbocycles. The van der Waals surface area contributed by atoms with Crippen molar-refractivity contribution in [2.75, 3.05) is 18.0 Å². The summed E-state index contributed by atoms with van der Waals surface area (Å²) in [6.07, 6.45) is 2.41. The number of aromatic nitrogens is 2. The predicted molar refractivity (Wildman–Crippen MR) is 94.3 cm³/mol. The maximum absolute atomic E-state index is 12.5. The summed E-state index contributed by atoms with van der Waals surface area (Å²) in [5.41, 5.74) is 2.38. The fourth-order valence-corrected chi connectivity index (χ4v) is 3.30. The summed E-state index contributed by atoms with van der Waals surface area (Å²) in [7, 11) is 0. The van der Waals surface area contributed by atoms with Crippen molar-refractivity contribution in [1.29, 1.82) is 0 Å². The van der Waals surface area contributed by atoms with Crippen molar-refractivity contribution >= 4 is 28.2 Å². The SMILES string of the molecule is O=c1[nH]c(-c2ccccc2Cl)nc2ccc(N3CCCC3)cc12. The second kappa shape index (κ2) is 5.70. The molecule has 0 spiro atoms. The molecule has 0 amide bonds. The van der Waals surface area contributed by atoms with Crippen LogP contribution in [0.5, 0.6) is 0 Å². The summed E-state index contributed by atoms with van der Waals surface area (Å²) in [5.74, 6) is 0.502. The van der Waals surface area contributed by atoms with Crippen LogP contribution in [0.15, 0.2) is 47.3 Å². The summed E-state index contributed by atoms with van der Waals surface area (Å²) < 4.78 is 0. The highest BCUT2D eigenvalue weighted by Crippen LogP contribution is 2.26. The summed E-state index contributed by atoms with van der Waals surface area (Å²) >= 11 is 6.20. The Labute approximate surface area is 138 Å². The number of anilines is 1. The lowest BCUT2D eigenvalue weighted by Crippen LogP contribution is -2.18. The van der Waals surface area contributed by atoms with Gasteiger partial charge in [-0.25, -0.2) is 4.98 Å². The maximum Gasteiger partial charge on any atom is 0.259 e. The average Bonchev–Trinajstić information content (AvgIpc) is 3.09. The lowest BCUT2D eigenvalue weighted by Gasteiger charge is -2.17. The van der Waals surface area contributed by atoms with E-state index in [0.717, 1.165) is 24.3 Å². The first-order valence-electron chi connectivity index (χ1n) is 7.76. The summed E-state index contributed by atoms with van der Waals surface area (Å²) in [6.45, 7) is 2.10. The van der Waals surface area contributed by atoms with Gasteiger partial charge >= 0.3 is 0 Å². The van der Waals surface area contributed by atoms with Crippen LogP contribution in [0.2, 0.25) is 5.02 Å². The number of halogens is 1. The highest BCUT2D eigenvalue weighted by Gasteiger charge is 2.14. The van der Waals surface area contributed by atoms with Gasteiger partial charge in [0, 0.05) is 24.3 Å². The van der Waals surface area contributed by atoms with E-state index in [2.05, 4.69) is 14.9 Å². The Morgan fingerprint density at radius 2 is 1.87 bits per heavy atom. The second-order valence-corrected chi connectivity index (χ2v) is 6.20. The van der Waals surface area contributed by atoms with Crippen LogP contribution < -0.4 is 10.5 Å². The molecule has 1 aliphatic rings. The topological polar surface area (TPSA) is 49.0 Å². The number of aromatic amines is 1. The Morgan fingerprint density at radius 3 is 2.65 bits per heavy atom. The molecule has 0 aliphatic carbocycles. The molecule has 2 aromatic carbocycles. The van der Waals surface area contributed by atoms with E-state index in [1.54, 1.807) is 6.07 Å². The van der Waals surface area contributed by atoms with E-state index in [4.69, 9.17) is 11.6 Å². The van der Waals surface area contributed by atoms with Crippen molar-refractivity contribution in [3.8, 4) is 11.4 Å². The van der Waals surface area contributed by atoms with Gasteiger partial charge in [0.05, 0.1) is 15.9 Å². The van der Waals surface area contributed by atoms with Gasteiger partial charge in [-0.15, -0.1) is 0 Å². The Kier molecular flexibility index (Phi) is 3.54. The summed E-state index contributed by atoms with van der Waals surface area (Å²) in [6, 6.07) is 13.3. The minimum atomic E-state index is -0.133. The zero-order chi connectivity index (χ0) is 15.8. The molecule has 5 heteroatoms. The van der Waals surface area contributed by atoms with E-state index in [0.29, 0.717) is 21.7 Å². The fourth-order valence-electron chi connectivity index (χ4n) is 3.08. The third-order valence-corrected chi connectivity index (χ3v) is 4.62. The molecule has 4 rings (SSSR count). The van der Waals surface area contributed by atoms with E-state index in [-0.39, 0.29) is 5.56 Å². The third kappa shape index (κ3) is 2.59. The van der Waals surface area contributed by atoms with E-state index >= 15 is 0 Å². The van der Waals surface area contributed by atoms with Gasteiger partial charge in [0.2, 0.25) is 0 Å². The lowest BCUT2D eigenvalue weighted by atomic mass is 10.1. The minimum Gasteiger partial charge on any atom is -0.372 e. The van der Waals surface area contributed by atoms with Gasteiger partial charge in [-0.3, -0.25) is 4.79 Å². The van der Waals surface area contributed by atoms with Crippen LogP contribution in [-0.2, 0) is 0 Å². The van der Waals surface area contributed by atoms with Gasteiger partial charge in [-0.05, 0) is 43.2 Å². The number of H-pyrrole nitrogens is 1. The third-order valence-electron chi connectivity index (χ3n) is 4.29. The highest BCUT2D eigenvalue weighted by atomic mass is 35.5. The first kappa shape index (κ1) is 14.3. The number of nitrogens with zero attached hydrogens (tertiary/aromatic N) is 2. The number of rotatable bonds is 2. The van der Waals surface area contributed by atoms with Gasteiger partial charge in [-0.1, -0.05) is 23.7 Å². The predicted octanol–water partition coefficient (Wildman–Crippen LogP) is 3.84. The molecule has 0 radical (unpaired) electrons. The molecule has 1 aliphatic heterocycles. The van der Waals surface area contributed by atoms with Crippen LogP contribution in [0.4, 0.5) is 5.69 Å². The van der Waals surface area contributed by atoms with Gasteiger partial charge in [0.15, 0.2) is 0 Å². The quantitative estimate of drug-likeness (QED) is 0.778. The first-order chi connectivity index (χ1) is 11.2. The van der Waals surface area contributed by atoms with Crippen LogP contribution in [0, 0.1) is 0 Å². The number of nitrogens with one attached hydrogen (secondary N) is 1. The Bertz CT molecular complexity index is 929.